The first-order valence-electron chi connectivity index (χ1n) is 12.5. The number of primary amides is 1. The molecule has 0 spiro atoms. The minimum absolute atomic E-state index is 0.0209. The van der Waals surface area contributed by atoms with E-state index in [-0.39, 0.29) is 48.4 Å². The monoisotopic (exact) mass is 487 g/mol. The van der Waals surface area contributed by atoms with E-state index in [4.69, 9.17) is 10.5 Å². The number of ether oxygens (including phenoxy) is 1. The Labute approximate surface area is 203 Å². The molecule has 5 aliphatic rings. The van der Waals surface area contributed by atoms with Crippen LogP contribution in [-0.2, 0) is 23.9 Å². The van der Waals surface area contributed by atoms with Gasteiger partial charge in [0.15, 0.2) is 5.78 Å². The summed E-state index contributed by atoms with van der Waals surface area (Å²) in [6.07, 6.45) is 6.15. The number of amides is 1. The molecular weight excluding hydrogens is 454 g/mol. The summed E-state index contributed by atoms with van der Waals surface area (Å²) in [7, 11) is 1.67. The number of ketones is 3. The van der Waals surface area contributed by atoms with E-state index in [1.807, 2.05) is 12.2 Å². The molecule has 12 atom stereocenters. The summed E-state index contributed by atoms with van der Waals surface area (Å²) in [6, 6.07) is 0. The number of carbonyl (C=O) groups excluding carboxylic acids is 4. The number of allylic oxidation sites excluding steroid dienone is 3. The van der Waals surface area contributed by atoms with Gasteiger partial charge in [-0.3, -0.25) is 19.2 Å². The number of aliphatic hydroxyl groups is 3. The van der Waals surface area contributed by atoms with Crippen molar-refractivity contribution in [2.75, 3.05) is 7.11 Å². The largest absolute Gasteiger partial charge is 0.389 e. The third-order valence-corrected chi connectivity index (χ3v) is 9.53. The topological polar surface area (TPSA) is 164 Å². The highest BCUT2D eigenvalue weighted by Gasteiger charge is 2.67. The normalized spacial score (nSPS) is 49.3. The molecule has 3 fully saturated rings. The molecule has 1 amide bonds. The highest BCUT2D eigenvalue weighted by Crippen LogP contribution is 2.56. The summed E-state index contributed by atoms with van der Waals surface area (Å²) in [5.41, 5.74) is 3.07. The molecule has 0 bridgehead atoms. The van der Waals surface area contributed by atoms with Crippen molar-refractivity contribution in [2.24, 2.45) is 53.1 Å². The summed E-state index contributed by atoms with van der Waals surface area (Å²) in [4.78, 5) is 51.0. The fraction of sp³-hybridized carbons (Fsp3) is 0.692. The van der Waals surface area contributed by atoms with Crippen LogP contribution in [0.5, 0.6) is 0 Å². The Balaban J connectivity index is 1.46. The lowest BCUT2D eigenvalue weighted by molar-refractivity contribution is -0.245. The van der Waals surface area contributed by atoms with Gasteiger partial charge in [0.25, 0.3) is 0 Å². The van der Waals surface area contributed by atoms with E-state index < -0.39 is 59.0 Å². The number of Topliss-reactive ketones (excluding diaryl/α,β-unsaturated/α-hetero) is 2. The average molecular weight is 488 g/mol. The second kappa shape index (κ2) is 8.73. The Morgan fingerprint density at radius 3 is 2.46 bits per heavy atom. The van der Waals surface area contributed by atoms with Crippen molar-refractivity contribution < 1.29 is 39.2 Å². The molecule has 5 N–H and O–H groups in total. The van der Waals surface area contributed by atoms with Crippen LogP contribution in [0.15, 0.2) is 24.3 Å². The number of carbonyl (C=O) groups is 4. The van der Waals surface area contributed by atoms with E-state index in [1.54, 1.807) is 7.11 Å². The Hall–Kier alpha value is -2.20. The minimum Gasteiger partial charge on any atom is -0.389 e. The summed E-state index contributed by atoms with van der Waals surface area (Å²) >= 11 is 0. The van der Waals surface area contributed by atoms with E-state index in [0.29, 0.717) is 6.42 Å². The van der Waals surface area contributed by atoms with Gasteiger partial charge >= 0.3 is 0 Å². The molecule has 190 valence electrons. The number of aliphatic hydroxyl groups excluding tert-OH is 2. The molecule has 0 aliphatic heterocycles. The van der Waals surface area contributed by atoms with Crippen molar-refractivity contribution in [3.05, 3.63) is 24.3 Å². The third kappa shape index (κ3) is 3.58. The second-order valence-electron chi connectivity index (χ2n) is 11.1. The first kappa shape index (κ1) is 24.5. The third-order valence-electron chi connectivity index (χ3n) is 9.53. The number of hydrogen-bond donors (Lipinski definition) is 4. The zero-order valence-corrected chi connectivity index (χ0v) is 19.7. The lowest BCUT2D eigenvalue weighted by atomic mass is 9.48. The van der Waals surface area contributed by atoms with E-state index in [1.165, 1.54) is 6.08 Å². The van der Waals surface area contributed by atoms with Crippen LogP contribution in [0.1, 0.15) is 32.1 Å². The van der Waals surface area contributed by atoms with Crippen LogP contribution in [0.4, 0.5) is 0 Å². The van der Waals surface area contributed by atoms with Crippen LogP contribution in [0.3, 0.4) is 0 Å². The van der Waals surface area contributed by atoms with Gasteiger partial charge in [0, 0.05) is 19.4 Å². The predicted octanol–water partition coefficient (Wildman–Crippen LogP) is -0.293. The molecule has 0 radical (unpaired) electrons. The van der Waals surface area contributed by atoms with Gasteiger partial charge in [-0.15, -0.1) is 0 Å². The van der Waals surface area contributed by atoms with Crippen molar-refractivity contribution in [3.63, 3.8) is 0 Å². The molecule has 5 rings (SSSR count). The molecule has 0 aromatic carbocycles. The molecule has 9 unspecified atom stereocenters. The van der Waals surface area contributed by atoms with Gasteiger partial charge in [-0.2, -0.15) is 0 Å². The van der Waals surface area contributed by atoms with Crippen LogP contribution in [-0.4, -0.2) is 69.6 Å². The Bertz CT molecular complexity index is 1010. The van der Waals surface area contributed by atoms with Crippen LogP contribution < -0.4 is 5.73 Å². The fourth-order valence-electron chi connectivity index (χ4n) is 7.79. The zero-order valence-electron chi connectivity index (χ0n) is 19.7. The number of fused-ring (bicyclic) bond motifs is 3. The predicted molar refractivity (Wildman–Crippen MR) is 121 cm³/mol. The van der Waals surface area contributed by atoms with Gasteiger partial charge in [-0.1, -0.05) is 18.2 Å². The van der Waals surface area contributed by atoms with Crippen LogP contribution >= 0.6 is 0 Å². The van der Waals surface area contributed by atoms with Gasteiger partial charge < -0.3 is 25.8 Å². The van der Waals surface area contributed by atoms with Crippen LogP contribution in [0, 0.1) is 47.3 Å². The summed E-state index contributed by atoms with van der Waals surface area (Å²) in [5, 5.41) is 33.6. The molecule has 0 aromatic heterocycles. The van der Waals surface area contributed by atoms with Crippen molar-refractivity contribution in [1.82, 2.24) is 0 Å². The molecule has 5 aliphatic carbocycles. The molecule has 0 heterocycles. The van der Waals surface area contributed by atoms with Crippen LogP contribution in [0.2, 0.25) is 0 Å². The maximum absolute atomic E-state index is 13.7. The Morgan fingerprint density at radius 2 is 1.83 bits per heavy atom. The summed E-state index contributed by atoms with van der Waals surface area (Å²) in [6.45, 7) is 0. The average Bonchev–Trinajstić information content (AvgIpc) is 2.81. The van der Waals surface area contributed by atoms with Gasteiger partial charge in [-0.25, -0.2) is 0 Å². The number of methoxy groups -OCH3 is 1. The Kier molecular flexibility index (Phi) is 6.11. The van der Waals surface area contributed by atoms with E-state index in [9.17, 15) is 34.5 Å². The Morgan fingerprint density at radius 1 is 1.09 bits per heavy atom. The van der Waals surface area contributed by atoms with E-state index in [2.05, 4.69) is 6.08 Å². The maximum Gasteiger partial charge on any atom is 0.230 e. The molecule has 9 nitrogen and oxygen atoms in total. The van der Waals surface area contributed by atoms with Gasteiger partial charge in [0.1, 0.15) is 29.2 Å². The van der Waals surface area contributed by atoms with E-state index in [0.717, 1.165) is 12.8 Å². The van der Waals surface area contributed by atoms with E-state index >= 15 is 0 Å². The van der Waals surface area contributed by atoms with Crippen LogP contribution in [0.25, 0.3) is 0 Å². The second-order valence-corrected chi connectivity index (χ2v) is 11.1. The van der Waals surface area contributed by atoms with Crippen molar-refractivity contribution >= 4 is 23.3 Å². The molecule has 35 heavy (non-hydrogen) atoms. The molecule has 3 saturated carbocycles. The number of nitrogens with two attached hydrogens (primary N) is 1. The maximum atomic E-state index is 13.7. The summed E-state index contributed by atoms with van der Waals surface area (Å²) in [5.74, 6) is -7.29. The first-order valence-corrected chi connectivity index (χ1v) is 12.5. The fourth-order valence-corrected chi connectivity index (χ4v) is 7.79. The number of hydrogen-bond acceptors (Lipinski definition) is 8. The SMILES string of the molecule is COC1C=CC(C2C=CC(=O)C3C(=O)C4C(O)[C@]5(O)C(O)C(C(N)=O)C(=O)C[C@@H]5C[C@@H]4CC32)CC1. The standard InChI is InChI=1S/C26H33NO8/c1-35-14-4-2-11(3-5-14)15-6-7-17(28)20-16(15)9-12-8-13-10-18(29)21(25(27)33)24(32)26(13,34)23(31)19(12)22(20)30/h2,4,6-7,11-16,19-21,23-24,31-32,34H,3,5,8-10H2,1H3,(H2,27,33)/t11?,12-,13+,14?,15?,16?,19?,20?,21?,23?,24?,26+/m1/s1. The van der Waals surface area contributed by atoms with Crippen molar-refractivity contribution in [3.8, 4) is 0 Å². The highest BCUT2D eigenvalue weighted by molar-refractivity contribution is 6.10. The van der Waals surface area contributed by atoms with Crippen molar-refractivity contribution in [1.29, 1.82) is 0 Å². The van der Waals surface area contributed by atoms with Crippen molar-refractivity contribution in [2.45, 2.75) is 56.0 Å². The highest BCUT2D eigenvalue weighted by atomic mass is 16.5. The van der Waals surface area contributed by atoms with Gasteiger partial charge in [-0.05, 0) is 55.4 Å². The number of rotatable bonds is 3. The molecule has 9 heteroatoms. The summed E-state index contributed by atoms with van der Waals surface area (Å²) < 4.78 is 5.41. The smallest absolute Gasteiger partial charge is 0.230 e. The van der Waals surface area contributed by atoms with Gasteiger partial charge in [0.2, 0.25) is 5.91 Å². The lowest BCUT2D eigenvalue weighted by Crippen LogP contribution is -2.72. The molecule has 0 saturated heterocycles. The van der Waals surface area contributed by atoms with Gasteiger partial charge in [0.05, 0.1) is 24.0 Å². The quantitative estimate of drug-likeness (QED) is 0.311. The lowest BCUT2D eigenvalue weighted by Gasteiger charge is -2.58. The minimum atomic E-state index is -2.23. The first-order chi connectivity index (χ1) is 16.6. The molecular formula is C26H33NO8. The zero-order chi connectivity index (χ0) is 25.2. The molecule has 0 aromatic rings.